The van der Waals surface area contributed by atoms with Gasteiger partial charge in [0, 0.05) is 19.7 Å². The second-order valence-electron chi connectivity index (χ2n) is 5.17. The number of imidazole rings is 1. The highest BCUT2D eigenvalue weighted by atomic mass is 15.1. The Balaban J connectivity index is 1.98. The fourth-order valence-corrected chi connectivity index (χ4v) is 2.69. The molecule has 90 valence electrons. The van der Waals surface area contributed by atoms with E-state index >= 15 is 0 Å². The first-order valence-electron chi connectivity index (χ1n) is 6.20. The van der Waals surface area contributed by atoms with E-state index in [1.54, 1.807) is 0 Å². The van der Waals surface area contributed by atoms with Gasteiger partial charge in [-0.3, -0.25) is 0 Å². The number of pyridine rings is 1. The molecule has 1 fully saturated rings. The Labute approximate surface area is 101 Å². The molecule has 4 nitrogen and oxygen atoms in total. The summed E-state index contributed by atoms with van der Waals surface area (Å²) in [6.07, 6.45) is 6.58. The molecule has 0 amide bonds. The molecule has 2 aromatic rings. The van der Waals surface area contributed by atoms with Crippen LogP contribution in [0.3, 0.4) is 0 Å². The first-order chi connectivity index (χ1) is 8.24. The van der Waals surface area contributed by atoms with E-state index < -0.39 is 0 Å². The summed E-state index contributed by atoms with van der Waals surface area (Å²) in [6.45, 7) is 0.767. The first-order valence-corrected chi connectivity index (χ1v) is 6.20. The van der Waals surface area contributed by atoms with E-state index in [4.69, 9.17) is 5.73 Å². The molecule has 0 spiro atoms. The van der Waals surface area contributed by atoms with Gasteiger partial charge in [-0.05, 0) is 36.9 Å². The number of nitrogens with two attached hydrogens (primary N) is 1. The van der Waals surface area contributed by atoms with Crippen LogP contribution < -0.4 is 5.73 Å². The molecule has 1 saturated carbocycles. The highest BCUT2D eigenvalue weighted by Crippen LogP contribution is 2.42. The first kappa shape index (κ1) is 10.7. The number of hydrogen-bond acceptors (Lipinski definition) is 3. The number of aromatic nitrogens is 3. The number of nitrogens with zero attached hydrogens (tertiary/aromatic N) is 3. The van der Waals surface area contributed by atoms with E-state index in [1.807, 2.05) is 25.4 Å². The second kappa shape index (κ2) is 3.81. The topological polar surface area (TPSA) is 56.7 Å². The summed E-state index contributed by atoms with van der Waals surface area (Å²) < 4.78 is 2.10. The number of aryl methyl sites for hydroxylation is 1. The molecule has 2 heterocycles. The molecule has 1 aliphatic rings. The molecule has 2 aromatic heterocycles. The molecular formula is C13H18N4. The Morgan fingerprint density at radius 3 is 2.88 bits per heavy atom. The van der Waals surface area contributed by atoms with Gasteiger partial charge in [0.1, 0.15) is 11.3 Å². The van der Waals surface area contributed by atoms with Gasteiger partial charge in [0.15, 0.2) is 5.65 Å². The molecule has 0 aliphatic heterocycles. The largest absolute Gasteiger partial charge is 0.330 e. The fourth-order valence-electron chi connectivity index (χ4n) is 2.69. The van der Waals surface area contributed by atoms with Gasteiger partial charge in [0.25, 0.3) is 0 Å². The van der Waals surface area contributed by atoms with Crippen LogP contribution in [-0.2, 0) is 13.5 Å². The minimum atomic E-state index is 0.301. The van der Waals surface area contributed by atoms with Crippen molar-refractivity contribution in [3.63, 3.8) is 0 Å². The minimum Gasteiger partial charge on any atom is -0.330 e. The van der Waals surface area contributed by atoms with E-state index in [1.165, 1.54) is 19.3 Å². The van der Waals surface area contributed by atoms with E-state index in [0.717, 1.165) is 30.0 Å². The number of rotatable bonds is 3. The highest BCUT2D eigenvalue weighted by molar-refractivity contribution is 5.70. The maximum absolute atomic E-state index is 5.91. The Hall–Kier alpha value is -1.42. The summed E-state index contributed by atoms with van der Waals surface area (Å²) in [6, 6.07) is 3.95. The quantitative estimate of drug-likeness (QED) is 0.872. The van der Waals surface area contributed by atoms with Crippen molar-refractivity contribution in [2.45, 2.75) is 25.7 Å². The Morgan fingerprint density at radius 2 is 2.29 bits per heavy atom. The lowest BCUT2D eigenvalue weighted by Gasteiger charge is -2.40. The molecule has 0 bridgehead atoms. The van der Waals surface area contributed by atoms with Gasteiger partial charge in [0.2, 0.25) is 0 Å². The molecule has 0 radical (unpaired) electrons. The molecule has 17 heavy (non-hydrogen) atoms. The van der Waals surface area contributed by atoms with Crippen molar-refractivity contribution in [2.75, 3.05) is 6.54 Å². The van der Waals surface area contributed by atoms with Gasteiger partial charge in [-0.1, -0.05) is 6.42 Å². The molecular weight excluding hydrogens is 212 g/mol. The van der Waals surface area contributed by atoms with Crippen molar-refractivity contribution < 1.29 is 0 Å². The van der Waals surface area contributed by atoms with E-state index in [9.17, 15) is 0 Å². The fraction of sp³-hybridized carbons (Fsp3) is 0.538. The van der Waals surface area contributed by atoms with Crippen molar-refractivity contribution in [3.8, 4) is 0 Å². The van der Waals surface area contributed by atoms with Crippen LogP contribution in [0.15, 0.2) is 18.3 Å². The lowest BCUT2D eigenvalue weighted by atomic mass is 9.66. The molecule has 4 heteroatoms. The number of hydrogen-bond donors (Lipinski definition) is 1. The second-order valence-corrected chi connectivity index (χ2v) is 5.17. The molecule has 0 aromatic carbocycles. The van der Waals surface area contributed by atoms with Crippen LogP contribution in [0.5, 0.6) is 0 Å². The van der Waals surface area contributed by atoms with Crippen molar-refractivity contribution in [3.05, 3.63) is 24.2 Å². The maximum Gasteiger partial charge on any atom is 0.159 e. The van der Waals surface area contributed by atoms with Crippen LogP contribution in [0, 0.1) is 5.41 Å². The average molecular weight is 230 g/mol. The predicted octanol–water partition coefficient (Wildman–Crippen LogP) is 1.64. The summed E-state index contributed by atoms with van der Waals surface area (Å²) in [5.41, 5.74) is 8.16. The zero-order valence-corrected chi connectivity index (χ0v) is 10.2. The van der Waals surface area contributed by atoms with Gasteiger partial charge < -0.3 is 10.3 Å². The smallest absolute Gasteiger partial charge is 0.159 e. The normalized spacial score (nSPS) is 18.2. The summed E-state index contributed by atoms with van der Waals surface area (Å²) in [7, 11) is 2.04. The Kier molecular flexibility index (Phi) is 2.40. The van der Waals surface area contributed by atoms with E-state index in [0.29, 0.717) is 5.41 Å². The van der Waals surface area contributed by atoms with Gasteiger partial charge in [-0.25, -0.2) is 9.97 Å². The molecule has 1 aliphatic carbocycles. The lowest BCUT2D eigenvalue weighted by Crippen LogP contribution is -2.39. The third kappa shape index (κ3) is 1.63. The minimum absolute atomic E-state index is 0.301. The van der Waals surface area contributed by atoms with Crippen LogP contribution in [0.4, 0.5) is 0 Å². The third-order valence-corrected chi connectivity index (χ3v) is 4.10. The van der Waals surface area contributed by atoms with Crippen molar-refractivity contribution in [2.24, 2.45) is 18.2 Å². The molecule has 2 N–H and O–H groups in total. The highest BCUT2D eigenvalue weighted by Gasteiger charge is 2.36. The van der Waals surface area contributed by atoms with E-state index in [2.05, 4.69) is 14.5 Å². The van der Waals surface area contributed by atoms with Crippen LogP contribution in [0.2, 0.25) is 0 Å². The molecule has 0 unspecified atom stereocenters. The Bertz CT molecular complexity index is 534. The van der Waals surface area contributed by atoms with Crippen LogP contribution in [0.1, 0.15) is 25.1 Å². The summed E-state index contributed by atoms with van der Waals surface area (Å²) in [5.74, 6) is 1.11. The third-order valence-electron chi connectivity index (χ3n) is 4.10. The molecule has 0 saturated heterocycles. The van der Waals surface area contributed by atoms with Crippen molar-refractivity contribution in [1.29, 1.82) is 0 Å². The number of fused-ring (bicyclic) bond motifs is 1. The summed E-state index contributed by atoms with van der Waals surface area (Å²) in [4.78, 5) is 9.04. The standard InChI is InChI=1S/C13H18N4/c1-17-11(8-13(9-14)5-3-6-13)16-10-4-2-7-15-12(10)17/h2,4,7H,3,5-6,8-9,14H2,1H3. The predicted molar refractivity (Wildman–Crippen MR) is 67.6 cm³/mol. The SMILES string of the molecule is Cn1c(CC2(CN)CCC2)nc2cccnc21. The van der Waals surface area contributed by atoms with Gasteiger partial charge in [0.05, 0.1) is 0 Å². The van der Waals surface area contributed by atoms with Crippen LogP contribution >= 0.6 is 0 Å². The summed E-state index contributed by atoms with van der Waals surface area (Å²) >= 11 is 0. The zero-order valence-electron chi connectivity index (χ0n) is 10.2. The molecule has 3 rings (SSSR count). The lowest BCUT2D eigenvalue weighted by molar-refractivity contribution is 0.140. The monoisotopic (exact) mass is 230 g/mol. The van der Waals surface area contributed by atoms with Crippen LogP contribution in [0.25, 0.3) is 11.2 Å². The van der Waals surface area contributed by atoms with Gasteiger partial charge >= 0.3 is 0 Å². The Morgan fingerprint density at radius 1 is 1.47 bits per heavy atom. The van der Waals surface area contributed by atoms with Gasteiger partial charge in [-0.15, -0.1) is 0 Å². The molecule has 0 atom stereocenters. The average Bonchev–Trinajstić information content (AvgIpc) is 2.62. The van der Waals surface area contributed by atoms with Gasteiger partial charge in [-0.2, -0.15) is 0 Å². The van der Waals surface area contributed by atoms with E-state index in [-0.39, 0.29) is 0 Å². The van der Waals surface area contributed by atoms with Crippen molar-refractivity contribution in [1.82, 2.24) is 14.5 Å². The van der Waals surface area contributed by atoms with Crippen molar-refractivity contribution >= 4 is 11.2 Å². The maximum atomic E-state index is 5.91. The van der Waals surface area contributed by atoms with Crippen LogP contribution in [-0.4, -0.2) is 21.1 Å². The zero-order chi connectivity index (χ0) is 11.9. The summed E-state index contributed by atoms with van der Waals surface area (Å²) in [5, 5.41) is 0.